The molecule has 1 aromatic heterocycles. The topological polar surface area (TPSA) is 58.9 Å². The van der Waals surface area contributed by atoms with Crippen LogP contribution in [0.25, 0.3) is 11.3 Å². The average Bonchev–Trinajstić information content (AvgIpc) is 2.66. The van der Waals surface area contributed by atoms with E-state index in [0.717, 1.165) is 12.1 Å². The molecule has 9 heteroatoms. The molecule has 0 amide bonds. The van der Waals surface area contributed by atoms with Crippen molar-refractivity contribution in [3.63, 3.8) is 0 Å². The third-order valence-corrected chi connectivity index (χ3v) is 3.27. The summed E-state index contributed by atoms with van der Waals surface area (Å²) in [6.45, 7) is 0. The molecular formula is C11H5BrF4N2O2. The van der Waals surface area contributed by atoms with Gasteiger partial charge in [0.25, 0.3) is 0 Å². The number of hydrogen-bond acceptors (Lipinski definition) is 2. The summed E-state index contributed by atoms with van der Waals surface area (Å²) < 4.78 is 50.6. The zero-order valence-electron chi connectivity index (χ0n) is 9.46. The Kier molecular flexibility index (Phi) is 3.55. The number of H-pyrrole nitrogens is 1. The Hall–Kier alpha value is -1.90. The lowest BCUT2D eigenvalue weighted by Crippen LogP contribution is -2.06. The second-order valence-electron chi connectivity index (χ2n) is 3.80. The maximum atomic E-state index is 13.1. The van der Waals surface area contributed by atoms with Gasteiger partial charge in [0.05, 0.1) is 4.92 Å². The van der Waals surface area contributed by atoms with Crippen LogP contribution in [0.3, 0.4) is 0 Å². The van der Waals surface area contributed by atoms with Crippen LogP contribution >= 0.6 is 15.9 Å². The number of benzene rings is 1. The summed E-state index contributed by atoms with van der Waals surface area (Å²) in [5.41, 5.74) is -2.53. The van der Waals surface area contributed by atoms with Crippen LogP contribution in [0.1, 0.15) is 5.69 Å². The fourth-order valence-corrected chi connectivity index (χ4v) is 2.35. The number of rotatable bonds is 2. The standard InChI is InChI=1S/C11H5BrF4N2O2/c12-7-9(18(19)20)8(17-10(7)11(14,15)16)5-2-1-3-6(13)4-5/h1-4,17H. The summed E-state index contributed by atoms with van der Waals surface area (Å²) >= 11 is 2.57. The first kappa shape index (κ1) is 14.5. The molecule has 0 saturated heterocycles. The van der Waals surface area contributed by atoms with Crippen molar-refractivity contribution < 1.29 is 22.5 Å². The van der Waals surface area contributed by atoms with Gasteiger partial charge in [-0.3, -0.25) is 10.1 Å². The van der Waals surface area contributed by atoms with Crippen molar-refractivity contribution in [2.75, 3.05) is 0 Å². The van der Waals surface area contributed by atoms with Crippen LogP contribution in [-0.4, -0.2) is 9.91 Å². The Balaban J connectivity index is 2.73. The molecule has 4 nitrogen and oxygen atoms in total. The Morgan fingerprint density at radius 3 is 2.45 bits per heavy atom. The predicted molar refractivity (Wildman–Crippen MR) is 65.5 cm³/mol. The van der Waals surface area contributed by atoms with Gasteiger partial charge in [0.15, 0.2) is 0 Å². The van der Waals surface area contributed by atoms with Crippen LogP contribution < -0.4 is 0 Å². The molecule has 1 heterocycles. The smallest absolute Gasteiger partial charge is 0.344 e. The highest BCUT2D eigenvalue weighted by molar-refractivity contribution is 9.10. The lowest BCUT2D eigenvalue weighted by atomic mass is 10.1. The molecule has 1 aromatic carbocycles. The second-order valence-corrected chi connectivity index (χ2v) is 4.60. The molecule has 0 spiro atoms. The normalized spacial score (nSPS) is 11.7. The van der Waals surface area contributed by atoms with E-state index in [4.69, 9.17) is 0 Å². The van der Waals surface area contributed by atoms with Gasteiger partial charge >= 0.3 is 11.9 Å². The highest BCUT2D eigenvalue weighted by Crippen LogP contribution is 2.44. The number of nitrogens with one attached hydrogen (secondary N) is 1. The zero-order chi connectivity index (χ0) is 15.1. The molecule has 0 unspecified atom stereocenters. The summed E-state index contributed by atoms with van der Waals surface area (Å²) in [6.07, 6.45) is -4.80. The van der Waals surface area contributed by atoms with E-state index < -0.39 is 38.5 Å². The quantitative estimate of drug-likeness (QED) is 0.491. The molecule has 2 rings (SSSR count). The van der Waals surface area contributed by atoms with E-state index in [2.05, 4.69) is 15.9 Å². The van der Waals surface area contributed by atoms with Crippen LogP contribution in [0.5, 0.6) is 0 Å². The monoisotopic (exact) mass is 352 g/mol. The summed E-state index contributed by atoms with van der Waals surface area (Å²) in [6, 6.07) is 4.51. The largest absolute Gasteiger partial charge is 0.432 e. The molecule has 0 aliphatic rings. The number of aromatic amines is 1. The maximum absolute atomic E-state index is 13.1. The number of halogens is 5. The summed E-state index contributed by atoms with van der Waals surface area (Å²) in [7, 11) is 0. The van der Waals surface area contributed by atoms with Gasteiger partial charge in [-0.2, -0.15) is 13.2 Å². The molecule has 0 fully saturated rings. The van der Waals surface area contributed by atoms with Crippen molar-refractivity contribution in [2.45, 2.75) is 6.18 Å². The number of hydrogen-bond donors (Lipinski definition) is 1. The fraction of sp³-hybridized carbons (Fsp3) is 0.0909. The Morgan fingerprint density at radius 1 is 1.30 bits per heavy atom. The zero-order valence-corrected chi connectivity index (χ0v) is 11.0. The molecule has 0 bridgehead atoms. The minimum atomic E-state index is -4.80. The second kappa shape index (κ2) is 4.89. The molecule has 0 aliphatic carbocycles. The molecule has 0 aliphatic heterocycles. The van der Waals surface area contributed by atoms with Gasteiger partial charge in [0.1, 0.15) is 21.7 Å². The number of nitro groups is 1. The van der Waals surface area contributed by atoms with Crippen molar-refractivity contribution >= 4 is 21.6 Å². The summed E-state index contributed by atoms with van der Waals surface area (Å²) in [5, 5.41) is 10.9. The minimum absolute atomic E-state index is 0.0482. The Labute approximate surface area is 117 Å². The van der Waals surface area contributed by atoms with E-state index >= 15 is 0 Å². The van der Waals surface area contributed by atoms with Crippen LogP contribution in [0.4, 0.5) is 23.2 Å². The van der Waals surface area contributed by atoms with Crippen LogP contribution in [-0.2, 0) is 6.18 Å². The lowest BCUT2D eigenvalue weighted by Gasteiger charge is -2.03. The Bertz CT molecular complexity index is 682. The summed E-state index contributed by atoms with van der Waals surface area (Å²) in [4.78, 5) is 11.9. The third kappa shape index (κ3) is 2.53. The van der Waals surface area contributed by atoms with Crippen LogP contribution in [0, 0.1) is 15.9 Å². The minimum Gasteiger partial charge on any atom is -0.344 e. The van der Waals surface area contributed by atoms with Crippen molar-refractivity contribution in [1.29, 1.82) is 0 Å². The van der Waals surface area contributed by atoms with E-state index in [1.807, 2.05) is 4.98 Å². The molecule has 0 atom stereocenters. The van der Waals surface area contributed by atoms with E-state index in [9.17, 15) is 27.7 Å². The first-order valence-electron chi connectivity index (χ1n) is 5.11. The first-order chi connectivity index (χ1) is 9.21. The number of nitrogens with zero attached hydrogens (tertiary/aromatic N) is 1. The molecule has 0 saturated carbocycles. The van der Waals surface area contributed by atoms with Crippen molar-refractivity contribution in [2.24, 2.45) is 0 Å². The fourth-order valence-electron chi connectivity index (χ4n) is 1.69. The van der Waals surface area contributed by atoms with Crippen LogP contribution in [0.2, 0.25) is 0 Å². The molecule has 106 valence electrons. The van der Waals surface area contributed by atoms with Gasteiger partial charge in [-0.1, -0.05) is 12.1 Å². The maximum Gasteiger partial charge on any atom is 0.432 e. The van der Waals surface area contributed by atoms with Gasteiger partial charge in [-0.05, 0) is 28.1 Å². The van der Waals surface area contributed by atoms with E-state index in [1.54, 1.807) is 0 Å². The van der Waals surface area contributed by atoms with Crippen molar-refractivity contribution in [1.82, 2.24) is 4.98 Å². The molecular weight excluding hydrogens is 348 g/mol. The number of alkyl halides is 3. The van der Waals surface area contributed by atoms with Crippen LogP contribution in [0.15, 0.2) is 28.7 Å². The molecule has 1 N–H and O–H groups in total. The van der Waals surface area contributed by atoms with Crippen molar-refractivity contribution in [3.8, 4) is 11.3 Å². The average molecular weight is 353 g/mol. The van der Waals surface area contributed by atoms with E-state index in [-0.39, 0.29) is 5.56 Å². The van der Waals surface area contributed by atoms with Gasteiger partial charge in [0.2, 0.25) is 0 Å². The first-order valence-corrected chi connectivity index (χ1v) is 5.90. The van der Waals surface area contributed by atoms with E-state index in [1.165, 1.54) is 12.1 Å². The van der Waals surface area contributed by atoms with E-state index in [0.29, 0.717) is 0 Å². The van der Waals surface area contributed by atoms with Crippen molar-refractivity contribution in [3.05, 3.63) is 50.4 Å². The van der Waals surface area contributed by atoms with Gasteiger partial charge < -0.3 is 4.98 Å². The third-order valence-electron chi connectivity index (χ3n) is 2.49. The number of aromatic nitrogens is 1. The highest BCUT2D eigenvalue weighted by Gasteiger charge is 2.41. The van der Waals surface area contributed by atoms with Gasteiger partial charge in [-0.15, -0.1) is 0 Å². The molecule has 0 radical (unpaired) electrons. The Morgan fingerprint density at radius 2 is 1.95 bits per heavy atom. The molecule has 20 heavy (non-hydrogen) atoms. The SMILES string of the molecule is O=[N+]([O-])c1c(-c2cccc(F)c2)[nH]c(C(F)(F)F)c1Br. The van der Waals surface area contributed by atoms with Gasteiger partial charge in [0, 0.05) is 5.56 Å². The lowest BCUT2D eigenvalue weighted by molar-refractivity contribution is -0.384. The molecule has 2 aromatic rings. The predicted octanol–water partition coefficient (Wildman–Crippen LogP) is 4.51. The summed E-state index contributed by atoms with van der Waals surface area (Å²) in [5.74, 6) is -0.712. The van der Waals surface area contributed by atoms with Gasteiger partial charge in [-0.25, -0.2) is 4.39 Å². The highest BCUT2D eigenvalue weighted by atomic mass is 79.9.